The molecule has 0 unspecified atom stereocenters. The summed E-state index contributed by atoms with van der Waals surface area (Å²) in [6, 6.07) is 15.7. The highest BCUT2D eigenvalue weighted by molar-refractivity contribution is 6.30. The number of carbonyl (C=O) groups excluding carboxylic acids is 1. The molecule has 0 spiro atoms. The van der Waals surface area contributed by atoms with E-state index in [1.807, 2.05) is 19.1 Å². The van der Waals surface area contributed by atoms with Crippen LogP contribution in [-0.2, 0) is 16.1 Å². The summed E-state index contributed by atoms with van der Waals surface area (Å²) in [5.74, 6) is 0.505. The molecule has 2 aromatic carbocycles. The number of rotatable bonds is 7. The summed E-state index contributed by atoms with van der Waals surface area (Å²) in [6.07, 6.45) is -0.0105. The average Bonchev–Trinajstić information content (AvgIpc) is 2.67. The zero-order valence-corrected chi connectivity index (χ0v) is 16.2. The van der Waals surface area contributed by atoms with Crippen LogP contribution in [0.5, 0.6) is 5.75 Å². The third-order valence-electron chi connectivity index (χ3n) is 4.49. The number of carbonyl (C=O) groups is 1. The maximum Gasteiger partial charge on any atom is 0.258 e. The number of nitrogens with one attached hydrogen (secondary N) is 1. The Hall–Kier alpha value is -2.08. The first-order valence-corrected chi connectivity index (χ1v) is 9.51. The first-order valence-electron chi connectivity index (χ1n) is 9.13. The second kappa shape index (κ2) is 9.74. The molecular weight excluding hydrogens is 364 g/mol. The van der Waals surface area contributed by atoms with Gasteiger partial charge in [0.15, 0.2) is 6.61 Å². The molecule has 1 amide bonds. The third-order valence-corrected chi connectivity index (χ3v) is 4.73. The van der Waals surface area contributed by atoms with Crippen LogP contribution in [0.15, 0.2) is 48.5 Å². The molecule has 0 radical (unpaired) electrons. The van der Waals surface area contributed by atoms with Crippen LogP contribution >= 0.6 is 11.6 Å². The summed E-state index contributed by atoms with van der Waals surface area (Å²) in [5.41, 5.74) is 2.19. The molecule has 0 bridgehead atoms. The molecule has 3 rings (SSSR count). The first kappa shape index (κ1) is 19.7. The molecule has 1 fully saturated rings. The van der Waals surface area contributed by atoms with Gasteiger partial charge in [0.05, 0.1) is 12.7 Å². The van der Waals surface area contributed by atoms with Crippen LogP contribution in [0.4, 0.5) is 0 Å². The molecule has 1 atom stereocenters. The Kier molecular flexibility index (Phi) is 7.10. The van der Waals surface area contributed by atoms with E-state index in [1.165, 1.54) is 5.56 Å². The molecule has 0 aliphatic carbocycles. The Bertz CT molecular complexity index is 754. The normalized spacial score (nSPS) is 17.5. The molecule has 5 nitrogen and oxygen atoms in total. The maximum absolute atomic E-state index is 12.1. The predicted octanol–water partition coefficient (Wildman–Crippen LogP) is 3.04. The minimum Gasteiger partial charge on any atom is -0.484 e. The van der Waals surface area contributed by atoms with E-state index in [1.54, 1.807) is 12.1 Å². The van der Waals surface area contributed by atoms with E-state index >= 15 is 0 Å². The fourth-order valence-electron chi connectivity index (χ4n) is 3.09. The number of amides is 1. The predicted molar refractivity (Wildman–Crippen MR) is 106 cm³/mol. The maximum atomic E-state index is 12.1. The lowest BCUT2D eigenvalue weighted by atomic mass is 10.2. The minimum absolute atomic E-state index is 0.0105. The topological polar surface area (TPSA) is 50.8 Å². The smallest absolute Gasteiger partial charge is 0.258 e. The Morgan fingerprint density at radius 3 is 2.89 bits per heavy atom. The zero-order chi connectivity index (χ0) is 19.1. The summed E-state index contributed by atoms with van der Waals surface area (Å²) in [7, 11) is 0. The van der Waals surface area contributed by atoms with E-state index in [-0.39, 0.29) is 18.6 Å². The van der Waals surface area contributed by atoms with Crippen LogP contribution in [-0.4, -0.2) is 49.8 Å². The highest BCUT2D eigenvalue weighted by Crippen LogP contribution is 2.21. The summed E-state index contributed by atoms with van der Waals surface area (Å²) in [4.78, 5) is 14.4. The number of morpholine rings is 1. The van der Waals surface area contributed by atoms with Crippen LogP contribution in [0.25, 0.3) is 0 Å². The molecule has 1 saturated heterocycles. The second-order valence-electron chi connectivity index (χ2n) is 6.72. The number of aryl methyl sites for hydroxylation is 1. The molecular formula is C21H25ClN2O3. The largest absolute Gasteiger partial charge is 0.484 e. The molecule has 2 aromatic rings. The van der Waals surface area contributed by atoms with Crippen LogP contribution in [0.2, 0.25) is 5.02 Å². The van der Waals surface area contributed by atoms with Crippen molar-refractivity contribution in [2.75, 3.05) is 32.8 Å². The second-order valence-corrected chi connectivity index (χ2v) is 7.15. The number of nitrogens with zero attached hydrogens (tertiary/aromatic N) is 1. The monoisotopic (exact) mass is 388 g/mol. The van der Waals surface area contributed by atoms with Crippen molar-refractivity contribution in [2.45, 2.75) is 19.6 Å². The van der Waals surface area contributed by atoms with Crippen LogP contribution in [0, 0.1) is 6.92 Å². The number of halogens is 1. The van der Waals surface area contributed by atoms with Crippen LogP contribution in [0.3, 0.4) is 0 Å². The molecule has 1 aliphatic heterocycles. The van der Waals surface area contributed by atoms with Gasteiger partial charge in [-0.15, -0.1) is 0 Å². The van der Waals surface area contributed by atoms with Gasteiger partial charge in [0.25, 0.3) is 5.91 Å². The van der Waals surface area contributed by atoms with Gasteiger partial charge in [-0.25, -0.2) is 0 Å². The van der Waals surface area contributed by atoms with E-state index in [0.29, 0.717) is 23.9 Å². The van der Waals surface area contributed by atoms with Crippen molar-refractivity contribution in [2.24, 2.45) is 0 Å². The Labute approximate surface area is 165 Å². The summed E-state index contributed by atoms with van der Waals surface area (Å²) < 4.78 is 11.4. The molecule has 1 N–H and O–H groups in total. The van der Waals surface area contributed by atoms with Crippen molar-refractivity contribution in [3.05, 3.63) is 64.7 Å². The summed E-state index contributed by atoms with van der Waals surface area (Å²) >= 11 is 5.93. The Balaban J connectivity index is 1.40. The van der Waals surface area contributed by atoms with E-state index in [9.17, 15) is 4.79 Å². The molecule has 1 heterocycles. The summed E-state index contributed by atoms with van der Waals surface area (Å²) in [5, 5.41) is 3.55. The lowest BCUT2D eigenvalue weighted by molar-refractivity contribution is -0.124. The standard InChI is InChI=1S/C21H25ClN2O3/c1-16-11-18(22)7-8-20(16)27-15-21(25)23-12-19-14-24(9-10-26-19)13-17-5-3-2-4-6-17/h2-8,11,19H,9-10,12-15H2,1H3,(H,23,25)/t19-/m0/s1. The number of benzene rings is 2. The minimum atomic E-state index is -0.159. The van der Waals surface area contributed by atoms with E-state index in [2.05, 4.69) is 34.5 Å². The zero-order valence-electron chi connectivity index (χ0n) is 15.5. The molecule has 144 valence electrons. The average molecular weight is 389 g/mol. The van der Waals surface area contributed by atoms with Crippen LogP contribution < -0.4 is 10.1 Å². The van der Waals surface area contributed by atoms with Gasteiger partial charge in [-0.05, 0) is 36.2 Å². The Morgan fingerprint density at radius 2 is 2.11 bits per heavy atom. The molecule has 6 heteroatoms. The lowest BCUT2D eigenvalue weighted by Gasteiger charge is -2.33. The number of hydrogen-bond donors (Lipinski definition) is 1. The summed E-state index contributed by atoms with van der Waals surface area (Å²) in [6.45, 7) is 5.62. The molecule has 27 heavy (non-hydrogen) atoms. The molecule has 0 saturated carbocycles. The Morgan fingerprint density at radius 1 is 1.30 bits per heavy atom. The van der Waals surface area contributed by atoms with Crippen molar-refractivity contribution in [1.82, 2.24) is 10.2 Å². The van der Waals surface area contributed by atoms with Crippen LogP contribution in [0.1, 0.15) is 11.1 Å². The first-order chi connectivity index (χ1) is 13.1. The lowest BCUT2D eigenvalue weighted by Crippen LogP contribution is -2.47. The van der Waals surface area contributed by atoms with Gasteiger partial charge in [0, 0.05) is 31.2 Å². The quantitative estimate of drug-likeness (QED) is 0.792. The highest BCUT2D eigenvalue weighted by atomic mass is 35.5. The van der Waals surface area contributed by atoms with Crippen molar-refractivity contribution in [3.63, 3.8) is 0 Å². The molecule has 0 aromatic heterocycles. The van der Waals surface area contributed by atoms with Gasteiger partial charge in [0.1, 0.15) is 5.75 Å². The van der Waals surface area contributed by atoms with Gasteiger partial charge in [-0.3, -0.25) is 9.69 Å². The van der Waals surface area contributed by atoms with Gasteiger partial charge in [-0.1, -0.05) is 41.9 Å². The third kappa shape index (κ3) is 6.24. The van der Waals surface area contributed by atoms with Crippen molar-refractivity contribution < 1.29 is 14.3 Å². The van der Waals surface area contributed by atoms with Crippen molar-refractivity contribution in [3.8, 4) is 5.75 Å². The SMILES string of the molecule is Cc1cc(Cl)ccc1OCC(=O)NC[C@H]1CN(Cc2ccccc2)CCO1. The fourth-order valence-corrected chi connectivity index (χ4v) is 3.31. The van der Waals surface area contributed by atoms with E-state index < -0.39 is 0 Å². The van der Waals surface area contributed by atoms with E-state index in [0.717, 1.165) is 25.2 Å². The van der Waals surface area contributed by atoms with Gasteiger partial charge in [0.2, 0.25) is 0 Å². The fraction of sp³-hybridized carbons (Fsp3) is 0.381. The van der Waals surface area contributed by atoms with Crippen molar-refractivity contribution in [1.29, 1.82) is 0 Å². The van der Waals surface area contributed by atoms with Crippen molar-refractivity contribution >= 4 is 17.5 Å². The molecule has 1 aliphatic rings. The highest BCUT2D eigenvalue weighted by Gasteiger charge is 2.21. The number of ether oxygens (including phenoxy) is 2. The van der Waals surface area contributed by atoms with E-state index in [4.69, 9.17) is 21.1 Å². The van der Waals surface area contributed by atoms with Gasteiger partial charge < -0.3 is 14.8 Å². The number of hydrogen-bond acceptors (Lipinski definition) is 4. The van der Waals surface area contributed by atoms with Gasteiger partial charge >= 0.3 is 0 Å². The van der Waals surface area contributed by atoms with Gasteiger partial charge in [-0.2, -0.15) is 0 Å².